The Labute approximate surface area is 106 Å². The number of imidazole rings is 1. The summed E-state index contributed by atoms with van der Waals surface area (Å²) >= 11 is 0. The van der Waals surface area contributed by atoms with Crippen LogP contribution in [0.3, 0.4) is 0 Å². The molecule has 0 aliphatic heterocycles. The Morgan fingerprint density at radius 1 is 1.32 bits per heavy atom. The van der Waals surface area contributed by atoms with Gasteiger partial charge in [0, 0.05) is 18.0 Å². The first-order valence-corrected chi connectivity index (χ1v) is 5.30. The van der Waals surface area contributed by atoms with E-state index in [1.807, 2.05) is 0 Å². The SMILES string of the molecule is O=C(OCC(F)(F)F)c1ccccc1-c1ncc[nH]1. The molecule has 0 saturated carbocycles. The lowest BCUT2D eigenvalue weighted by Gasteiger charge is -2.09. The molecule has 2 rings (SSSR count). The zero-order chi connectivity index (χ0) is 13.9. The molecule has 0 bridgehead atoms. The van der Waals surface area contributed by atoms with E-state index in [1.165, 1.54) is 18.3 Å². The largest absolute Gasteiger partial charge is 0.452 e. The molecule has 0 amide bonds. The molecule has 0 radical (unpaired) electrons. The standard InChI is InChI=1S/C12H9F3N2O2/c13-12(14,15)7-19-11(18)9-4-2-1-3-8(9)10-16-5-6-17-10/h1-6H,7H2,(H,16,17). The third kappa shape index (κ3) is 3.34. The molecule has 0 unspecified atom stereocenters. The van der Waals surface area contributed by atoms with Crippen LogP contribution in [0.4, 0.5) is 13.2 Å². The number of halogens is 3. The van der Waals surface area contributed by atoms with Gasteiger partial charge in [-0.2, -0.15) is 13.2 Å². The number of benzene rings is 1. The second kappa shape index (κ2) is 5.13. The van der Waals surface area contributed by atoms with Gasteiger partial charge >= 0.3 is 12.1 Å². The van der Waals surface area contributed by atoms with E-state index in [0.717, 1.165) is 0 Å². The number of H-pyrrole nitrogens is 1. The van der Waals surface area contributed by atoms with Crippen LogP contribution in [0.25, 0.3) is 11.4 Å². The number of aromatic nitrogens is 2. The van der Waals surface area contributed by atoms with E-state index >= 15 is 0 Å². The molecule has 1 heterocycles. The monoisotopic (exact) mass is 270 g/mol. The minimum Gasteiger partial charge on any atom is -0.452 e. The summed E-state index contributed by atoms with van der Waals surface area (Å²) in [6.07, 6.45) is -1.52. The fourth-order valence-corrected chi connectivity index (χ4v) is 1.51. The molecule has 4 nitrogen and oxygen atoms in total. The van der Waals surface area contributed by atoms with Gasteiger partial charge in [0.1, 0.15) is 5.82 Å². The molecule has 0 fully saturated rings. The first-order valence-electron chi connectivity index (χ1n) is 5.30. The van der Waals surface area contributed by atoms with Gasteiger partial charge in [0.25, 0.3) is 0 Å². The summed E-state index contributed by atoms with van der Waals surface area (Å²) in [6, 6.07) is 6.15. The van der Waals surface area contributed by atoms with Gasteiger partial charge in [-0.25, -0.2) is 9.78 Å². The summed E-state index contributed by atoms with van der Waals surface area (Å²) in [5, 5.41) is 0. The van der Waals surface area contributed by atoms with E-state index in [2.05, 4.69) is 14.7 Å². The normalized spacial score (nSPS) is 11.3. The van der Waals surface area contributed by atoms with E-state index in [1.54, 1.807) is 18.3 Å². The number of carbonyl (C=O) groups excluding carboxylic acids is 1. The summed E-state index contributed by atoms with van der Waals surface area (Å²) < 4.78 is 40.3. The maximum atomic E-state index is 12.0. The van der Waals surface area contributed by atoms with Crippen LogP contribution < -0.4 is 0 Å². The lowest BCUT2D eigenvalue weighted by atomic mass is 10.1. The maximum Gasteiger partial charge on any atom is 0.422 e. The van der Waals surface area contributed by atoms with Crippen LogP contribution >= 0.6 is 0 Å². The zero-order valence-corrected chi connectivity index (χ0v) is 9.57. The Hall–Kier alpha value is -2.31. The second-order valence-electron chi connectivity index (χ2n) is 3.67. The highest BCUT2D eigenvalue weighted by Gasteiger charge is 2.30. The van der Waals surface area contributed by atoms with Gasteiger partial charge < -0.3 is 9.72 Å². The fraction of sp³-hybridized carbons (Fsp3) is 0.167. The summed E-state index contributed by atoms with van der Waals surface area (Å²) in [6.45, 7) is -1.61. The minimum absolute atomic E-state index is 0.0294. The molecule has 0 saturated heterocycles. The third-order valence-electron chi connectivity index (χ3n) is 2.27. The van der Waals surface area contributed by atoms with E-state index in [-0.39, 0.29) is 5.56 Å². The highest BCUT2D eigenvalue weighted by molar-refractivity contribution is 5.96. The minimum atomic E-state index is -4.55. The van der Waals surface area contributed by atoms with Crippen molar-refractivity contribution in [3.05, 3.63) is 42.2 Å². The van der Waals surface area contributed by atoms with Crippen LogP contribution in [-0.4, -0.2) is 28.7 Å². The van der Waals surface area contributed by atoms with Gasteiger partial charge in [-0.15, -0.1) is 0 Å². The van der Waals surface area contributed by atoms with Crippen molar-refractivity contribution in [1.29, 1.82) is 0 Å². The number of rotatable bonds is 3. The number of esters is 1. The number of hydrogen-bond donors (Lipinski definition) is 1. The lowest BCUT2D eigenvalue weighted by molar-refractivity contribution is -0.161. The van der Waals surface area contributed by atoms with Crippen LogP contribution in [-0.2, 0) is 4.74 Å². The van der Waals surface area contributed by atoms with Crippen molar-refractivity contribution in [2.45, 2.75) is 6.18 Å². The summed E-state index contributed by atoms with van der Waals surface area (Å²) in [7, 11) is 0. The van der Waals surface area contributed by atoms with Crippen molar-refractivity contribution in [3.63, 3.8) is 0 Å². The predicted octanol–water partition coefficient (Wildman–Crippen LogP) is 2.80. The highest BCUT2D eigenvalue weighted by atomic mass is 19.4. The van der Waals surface area contributed by atoms with Crippen molar-refractivity contribution in [1.82, 2.24) is 9.97 Å². The quantitative estimate of drug-likeness (QED) is 0.872. The van der Waals surface area contributed by atoms with Crippen LogP contribution in [0.2, 0.25) is 0 Å². The molecule has 0 aliphatic rings. The molecule has 1 N–H and O–H groups in total. The number of hydrogen-bond acceptors (Lipinski definition) is 3. The van der Waals surface area contributed by atoms with Crippen LogP contribution in [0, 0.1) is 0 Å². The molecule has 1 aromatic carbocycles. The van der Waals surface area contributed by atoms with Crippen LogP contribution in [0.1, 0.15) is 10.4 Å². The van der Waals surface area contributed by atoms with E-state index in [0.29, 0.717) is 11.4 Å². The van der Waals surface area contributed by atoms with Crippen molar-refractivity contribution in [3.8, 4) is 11.4 Å². The second-order valence-corrected chi connectivity index (χ2v) is 3.67. The smallest absolute Gasteiger partial charge is 0.422 e. The molecule has 19 heavy (non-hydrogen) atoms. The first-order chi connectivity index (χ1) is 8.97. The molecule has 100 valence electrons. The Kier molecular flexibility index (Phi) is 3.55. The molecule has 1 aromatic heterocycles. The average molecular weight is 270 g/mol. The topological polar surface area (TPSA) is 55.0 Å². The van der Waals surface area contributed by atoms with Crippen molar-refractivity contribution in [2.75, 3.05) is 6.61 Å². The Balaban J connectivity index is 2.23. The van der Waals surface area contributed by atoms with E-state index in [9.17, 15) is 18.0 Å². The molecular formula is C12H9F3N2O2. The third-order valence-corrected chi connectivity index (χ3v) is 2.27. The zero-order valence-electron chi connectivity index (χ0n) is 9.57. The summed E-state index contributed by atoms with van der Waals surface area (Å²) in [5.74, 6) is -0.649. The van der Waals surface area contributed by atoms with Crippen molar-refractivity contribution in [2.24, 2.45) is 0 Å². The number of nitrogens with one attached hydrogen (secondary N) is 1. The van der Waals surface area contributed by atoms with Crippen molar-refractivity contribution >= 4 is 5.97 Å². The fourth-order valence-electron chi connectivity index (χ4n) is 1.51. The van der Waals surface area contributed by atoms with Gasteiger partial charge in [0.2, 0.25) is 0 Å². The van der Waals surface area contributed by atoms with E-state index in [4.69, 9.17) is 0 Å². The van der Waals surface area contributed by atoms with Gasteiger partial charge in [0.15, 0.2) is 6.61 Å². The van der Waals surface area contributed by atoms with Gasteiger partial charge in [-0.05, 0) is 6.07 Å². The number of aromatic amines is 1. The molecular weight excluding hydrogens is 261 g/mol. The number of alkyl halides is 3. The van der Waals surface area contributed by atoms with Gasteiger partial charge in [0.05, 0.1) is 5.56 Å². The molecule has 0 spiro atoms. The Morgan fingerprint density at radius 2 is 2.05 bits per heavy atom. The Morgan fingerprint density at radius 3 is 2.68 bits per heavy atom. The lowest BCUT2D eigenvalue weighted by Crippen LogP contribution is -2.20. The molecule has 0 atom stereocenters. The van der Waals surface area contributed by atoms with E-state index < -0.39 is 18.8 Å². The van der Waals surface area contributed by atoms with Crippen LogP contribution in [0.15, 0.2) is 36.7 Å². The number of carbonyl (C=O) groups is 1. The van der Waals surface area contributed by atoms with Crippen LogP contribution in [0.5, 0.6) is 0 Å². The Bertz CT molecular complexity index is 565. The van der Waals surface area contributed by atoms with Gasteiger partial charge in [-0.3, -0.25) is 0 Å². The highest BCUT2D eigenvalue weighted by Crippen LogP contribution is 2.22. The summed E-state index contributed by atoms with van der Waals surface area (Å²) in [4.78, 5) is 18.4. The summed E-state index contributed by atoms with van der Waals surface area (Å²) in [5.41, 5.74) is 0.418. The number of ether oxygens (including phenoxy) is 1. The maximum absolute atomic E-state index is 12.0. The molecule has 0 aliphatic carbocycles. The predicted molar refractivity (Wildman–Crippen MR) is 60.4 cm³/mol. The first kappa shape index (κ1) is 13.1. The molecule has 7 heteroatoms. The van der Waals surface area contributed by atoms with Gasteiger partial charge in [-0.1, -0.05) is 18.2 Å². The number of nitrogens with zero attached hydrogens (tertiary/aromatic N) is 1. The van der Waals surface area contributed by atoms with Crippen molar-refractivity contribution < 1.29 is 22.7 Å². The molecule has 2 aromatic rings. The average Bonchev–Trinajstić information content (AvgIpc) is 2.89.